The molecule has 0 amide bonds. The van der Waals surface area contributed by atoms with E-state index in [0.717, 1.165) is 12.8 Å². The van der Waals surface area contributed by atoms with Crippen molar-refractivity contribution in [3.8, 4) is 11.8 Å². The minimum atomic E-state index is -0.00863. The number of anilines is 1. The molecule has 0 saturated heterocycles. The number of rotatable bonds is 6. The molecule has 1 aliphatic carbocycles. The Bertz CT molecular complexity index is 775. The second kappa shape index (κ2) is 18.1. The van der Waals surface area contributed by atoms with Gasteiger partial charge in [-0.3, -0.25) is 0 Å². The van der Waals surface area contributed by atoms with E-state index < -0.39 is 0 Å². The van der Waals surface area contributed by atoms with Crippen LogP contribution in [0.2, 0.25) is 0 Å². The summed E-state index contributed by atoms with van der Waals surface area (Å²) >= 11 is 0. The van der Waals surface area contributed by atoms with Gasteiger partial charge in [-0.05, 0) is 48.1 Å². The van der Waals surface area contributed by atoms with Crippen molar-refractivity contribution in [2.45, 2.75) is 99.5 Å². The Morgan fingerprint density at radius 2 is 1.59 bits per heavy atom. The number of ether oxygens (including phenoxy) is 1. The van der Waals surface area contributed by atoms with Gasteiger partial charge in [0.1, 0.15) is 17.9 Å². The molecule has 1 unspecified atom stereocenters. The average molecular weight is 439 g/mol. The van der Waals surface area contributed by atoms with Gasteiger partial charge in [0.05, 0.1) is 5.56 Å². The fraction of sp³-hybridized carbons (Fsp3) is 0.552. The highest BCUT2D eigenvalue weighted by molar-refractivity contribution is 5.53. The molecular formula is C29H46N2O. The zero-order chi connectivity index (χ0) is 24.4. The van der Waals surface area contributed by atoms with E-state index in [2.05, 4.69) is 45.0 Å². The van der Waals surface area contributed by atoms with Crippen LogP contribution in [0.4, 0.5) is 5.69 Å². The van der Waals surface area contributed by atoms with Crippen LogP contribution in [0.5, 0.6) is 5.75 Å². The smallest absolute Gasteiger partial charge is 0.138 e. The zero-order valence-electron chi connectivity index (χ0n) is 21.6. The Morgan fingerprint density at radius 3 is 2.19 bits per heavy atom. The molecule has 0 heterocycles. The molecular weight excluding hydrogens is 392 g/mol. The molecule has 3 rings (SSSR count). The lowest BCUT2D eigenvalue weighted by atomic mass is 9.82. The molecule has 0 radical (unpaired) electrons. The summed E-state index contributed by atoms with van der Waals surface area (Å²) in [6.07, 6.45) is 9.18. The van der Waals surface area contributed by atoms with E-state index in [4.69, 9.17) is 10.5 Å². The van der Waals surface area contributed by atoms with Gasteiger partial charge in [0.25, 0.3) is 0 Å². The van der Waals surface area contributed by atoms with Crippen molar-refractivity contribution in [3.05, 3.63) is 59.2 Å². The zero-order valence-corrected chi connectivity index (χ0v) is 21.6. The normalized spacial score (nSPS) is 15.8. The molecule has 2 N–H and O–H groups in total. The van der Waals surface area contributed by atoms with Crippen LogP contribution in [-0.4, -0.2) is 0 Å². The van der Waals surface area contributed by atoms with Crippen molar-refractivity contribution < 1.29 is 4.74 Å². The Balaban J connectivity index is 0.000000743. The highest BCUT2D eigenvalue weighted by Gasteiger charge is 2.28. The van der Waals surface area contributed by atoms with Gasteiger partial charge in [0.15, 0.2) is 0 Å². The Kier molecular flexibility index (Phi) is 16.7. The molecule has 0 fully saturated rings. The lowest BCUT2D eigenvalue weighted by Gasteiger charge is -2.32. The SMILES string of the molecule is CC.CC.CC1CCc2ccccc2[C@@H]1Oc1ccc(N)cc1C#N.CCCCCCC. The first-order valence-electron chi connectivity index (χ1n) is 12.6. The van der Waals surface area contributed by atoms with Gasteiger partial charge in [-0.1, -0.05) is 105 Å². The van der Waals surface area contributed by atoms with Crippen LogP contribution in [0.1, 0.15) is 110 Å². The highest BCUT2D eigenvalue weighted by Crippen LogP contribution is 2.38. The number of nitriles is 1. The minimum Gasteiger partial charge on any atom is -0.484 e. The molecule has 0 bridgehead atoms. The number of hydrogen-bond acceptors (Lipinski definition) is 3. The molecule has 178 valence electrons. The van der Waals surface area contributed by atoms with Gasteiger partial charge in [-0.2, -0.15) is 5.26 Å². The maximum absolute atomic E-state index is 9.25. The van der Waals surface area contributed by atoms with Gasteiger partial charge in [0.2, 0.25) is 0 Å². The first-order chi connectivity index (χ1) is 15.6. The minimum absolute atomic E-state index is 0.00863. The van der Waals surface area contributed by atoms with E-state index in [-0.39, 0.29) is 6.10 Å². The maximum Gasteiger partial charge on any atom is 0.138 e. The predicted octanol–water partition coefficient (Wildman–Crippen LogP) is 8.87. The predicted molar refractivity (Wildman–Crippen MR) is 140 cm³/mol. The molecule has 3 nitrogen and oxygen atoms in total. The van der Waals surface area contributed by atoms with Gasteiger partial charge >= 0.3 is 0 Å². The number of aryl methyl sites for hydroxylation is 1. The number of unbranched alkanes of at least 4 members (excludes halogenated alkanes) is 4. The molecule has 0 aromatic heterocycles. The second-order valence-electron chi connectivity index (χ2n) is 7.68. The van der Waals surface area contributed by atoms with Gasteiger partial charge in [-0.15, -0.1) is 0 Å². The Labute approximate surface area is 198 Å². The lowest BCUT2D eigenvalue weighted by molar-refractivity contribution is 0.129. The van der Waals surface area contributed by atoms with Gasteiger partial charge in [0, 0.05) is 5.69 Å². The van der Waals surface area contributed by atoms with Crippen LogP contribution < -0.4 is 10.5 Å². The molecule has 32 heavy (non-hydrogen) atoms. The van der Waals surface area contributed by atoms with Crippen LogP contribution in [0.25, 0.3) is 0 Å². The molecule has 0 saturated carbocycles. The van der Waals surface area contributed by atoms with Gasteiger partial charge in [-0.25, -0.2) is 0 Å². The third-order valence-corrected chi connectivity index (χ3v) is 5.33. The van der Waals surface area contributed by atoms with Crippen molar-refractivity contribution in [1.29, 1.82) is 5.26 Å². The summed E-state index contributed by atoms with van der Waals surface area (Å²) in [6, 6.07) is 15.8. The van der Waals surface area contributed by atoms with Crippen LogP contribution in [-0.2, 0) is 6.42 Å². The monoisotopic (exact) mass is 438 g/mol. The van der Waals surface area contributed by atoms with E-state index in [9.17, 15) is 5.26 Å². The average Bonchev–Trinajstić information content (AvgIpc) is 2.85. The van der Waals surface area contributed by atoms with Crippen molar-refractivity contribution in [2.75, 3.05) is 5.73 Å². The summed E-state index contributed by atoms with van der Waals surface area (Å²) in [6.45, 7) is 14.7. The van der Waals surface area contributed by atoms with E-state index in [0.29, 0.717) is 22.9 Å². The van der Waals surface area contributed by atoms with Crippen LogP contribution in [0.3, 0.4) is 0 Å². The summed E-state index contributed by atoms with van der Waals surface area (Å²) in [5, 5.41) is 9.25. The largest absolute Gasteiger partial charge is 0.484 e. The molecule has 2 aromatic carbocycles. The van der Waals surface area contributed by atoms with Crippen LogP contribution in [0, 0.1) is 17.2 Å². The van der Waals surface area contributed by atoms with E-state index in [1.54, 1.807) is 18.2 Å². The summed E-state index contributed by atoms with van der Waals surface area (Å²) in [5.41, 5.74) is 9.38. The van der Waals surface area contributed by atoms with E-state index in [1.807, 2.05) is 33.8 Å². The van der Waals surface area contributed by atoms with Gasteiger partial charge < -0.3 is 10.5 Å². The van der Waals surface area contributed by atoms with E-state index in [1.165, 1.54) is 43.2 Å². The quantitative estimate of drug-likeness (QED) is 0.362. The van der Waals surface area contributed by atoms with Crippen molar-refractivity contribution in [1.82, 2.24) is 0 Å². The number of nitrogens with zero attached hydrogens (tertiary/aromatic N) is 1. The number of nitrogen functional groups attached to an aromatic ring is 1. The molecule has 1 aliphatic rings. The van der Waals surface area contributed by atoms with E-state index >= 15 is 0 Å². The summed E-state index contributed by atoms with van der Waals surface area (Å²) in [5.74, 6) is 1.03. The number of fused-ring (bicyclic) bond motifs is 1. The molecule has 3 heteroatoms. The van der Waals surface area contributed by atoms with Crippen LogP contribution >= 0.6 is 0 Å². The van der Waals surface area contributed by atoms with Crippen molar-refractivity contribution in [2.24, 2.45) is 5.92 Å². The number of hydrogen-bond donors (Lipinski definition) is 1. The molecule has 2 atom stereocenters. The standard InChI is InChI=1S/C18H18N2O.C7H16.2C2H6/c1-12-6-7-13-4-2-3-5-16(13)18(12)21-17-9-8-15(20)10-14(17)11-19;1-3-5-7-6-4-2;2*1-2/h2-5,8-10,12,18H,6-7,20H2,1H3;3-7H2,1-2H3;2*1-2H3/t12?,18-;;;/m1.../s1. The van der Waals surface area contributed by atoms with Crippen molar-refractivity contribution >= 4 is 5.69 Å². The fourth-order valence-electron chi connectivity index (χ4n) is 3.61. The molecule has 0 aliphatic heterocycles. The number of nitrogens with two attached hydrogens (primary N) is 1. The summed E-state index contributed by atoms with van der Waals surface area (Å²) in [4.78, 5) is 0. The number of benzene rings is 2. The Morgan fingerprint density at radius 1 is 0.969 bits per heavy atom. The topological polar surface area (TPSA) is 59.0 Å². The van der Waals surface area contributed by atoms with Crippen LogP contribution in [0.15, 0.2) is 42.5 Å². The Hall–Kier alpha value is -2.47. The molecule has 0 spiro atoms. The lowest BCUT2D eigenvalue weighted by Crippen LogP contribution is -2.23. The second-order valence-corrected chi connectivity index (χ2v) is 7.68. The third kappa shape index (κ3) is 9.77. The summed E-state index contributed by atoms with van der Waals surface area (Å²) < 4.78 is 6.19. The fourth-order valence-corrected chi connectivity index (χ4v) is 3.61. The first-order valence-corrected chi connectivity index (χ1v) is 12.6. The third-order valence-electron chi connectivity index (χ3n) is 5.33. The maximum atomic E-state index is 9.25. The molecule has 2 aromatic rings. The highest BCUT2D eigenvalue weighted by atomic mass is 16.5. The first kappa shape index (κ1) is 29.5. The van der Waals surface area contributed by atoms with Crippen molar-refractivity contribution in [3.63, 3.8) is 0 Å². The summed E-state index contributed by atoms with van der Waals surface area (Å²) in [7, 11) is 0.